The minimum Gasteiger partial charge on any atom is -0.330 e. The van der Waals surface area contributed by atoms with Gasteiger partial charge in [-0.1, -0.05) is 6.92 Å². The van der Waals surface area contributed by atoms with Crippen molar-refractivity contribution in [1.82, 2.24) is 5.32 Å². The normalized spacial score (nSPS) is 13.4. The van der Waals surface area contributed by atoms with E-state index in [1.165, 1.54) is 0 Å². The molecule has 0 saturated heterocycles. The van der Waals surface area contributed by atoms with Crippen molar-refractivity contribution in [2.45, 2.75) is 32.2 Å². The van der Waals surface area contributed by atoms with Crippen LogP contribution in [0.4, 0.5) is 0 Å². The van der Waals surface area contributed by atoms with Crippen LogP contribution in [-0.4, -0.2) is 25.7 Å². The second kappa shape index (κ2) is 7.98. The molecule has 0 aromatic carbocycles. The van der Waals surface area contributed by atoms with Gasteiger partial charge in [-0.2, -0.15) is 0 Å². The maximum Gasteiger partial charge on any atom is 0.00482 e. The van der Waals surface area contributed by atoms with E-state index in [-0.39, 0.29) is 0 Å². The molecule has 11 heavy (non-hydrogen) atoms. The summed E-state index contributed by atoms with van der Waals surface area (Å²) in [5, 5.41) is 3.29. The standard InChI is InChI=1S/C8H21N3/c1-2-8(10)4-7-11-6-3-5-9/h8,11H,2-7,9-10H2,1H3. The number of hydrogen-bond donors (Lipinski definition) is 3. The van der Waals surface area contributed by atoms with Crippen LogP contribution in [0, 0.1) is 0 Å². The maximum atomic E-state index is 5.72. The molecule has 0 heterocycles. The highest BCUT2D eigenvalue weighted by Crippen LogP contribution is 1.90. The van der Waals surface area contributed by atoms with Gasteiger partial charge in [-0.25, -0.2) is 0 Å². The predicted molar refractivity (Wildman–Crippen MR) is 49.4 cm³/mol. The Hall–Kier alpha value is -0.120. The molecule has 0 fully saturated rings. The van der Waals surface area contributed by atoms with Crippen LogP contribution in [0.1, 0.15) is 26.2 Å². The molecule has 0 aliphatic carbocycles. The first-order chi connectivity index (χ1) is 5.31. The Labute approximate surface area is 69.5 Å². The van der Waals surface area contributed by atoms with Crippen molar-refractivity contribution >= 4 is 0 Å². The summed E-state index contributed by atoms with van der Waals surface area (Å²) in [5.74, 6) is 0. The monoisotopic (exact) mass is 159 g/mol. The van der Waals surface area contributed by atoms with Crippen molar-refractivity contribution in [3.8, 4) is 0 Å². The zero-order chi connectivity index (χ0) is 8.53. The lowest BCUT2D eigenvalue weighted by atomic mass is 10.2. The minimum absolute atomic E-state index is 0.361. The van der Waals surface area contributed by atoms with E-state index in [2.05, 4.69) is 12.2 Å². The van der Waals surface area contributed by atoms with Crippen LogP contribution in [-0.2, 0) is 0 Å². The largest absolute Gasteiger partial charge is 0.330 e. The van der Waals surface area contributed by atoms with Crippen molar-refractivity contribution in [2.75, 3.05) is 19.6 Å². The number of nitrogens with one attached hydrogen (secondary N) is 1. The summed E-state index contributed by atoms with van der Waals surface area (Å²) in [7, 11) is 0. The van der Waals surface area contributed by atoms with Crippen molar-refractivity contribution in [1.29, 1.82) is 0 Å². The van der Waals surface area contributed by atoms with Crippen LogP contribution in [0.5, 0.6) is 0 Å². The van der Waals surface area contributed by atoms with E-state index in [4.69, 9.17) is 11.5 Å². The van der Waals surface area contributed by atoms with Gasteiger partial charge in [0, 0.05) is 6.04 Å². The SMILES string of the molecule is CCC(N)CCNCCCN. The van der Waals surface area contributed by atoms with Crippen LogP contribution in [0.3, 0.4) is 0 Å². The van der Waals surface area contributed by atoms with Crippen LogP contribution < -0.4 is 16.8 Å². The lowest BCUT2D eigenvalue weighted by molar-refractivity contribution is 0.545. The van der Waals surface area contributed by atoms with Crippen molar-refractivity contribution in [3.05, 3.63) is 0 Å². The highest BCUT2D eigenvalue weighted by Gasteiger charge is 1.96. The van der Waals surface area contributed by atoms with E-state index < -0.39 is 0 Å². The Morgan fingerprint density at radius 2 is 2.09 bits per heavy atom. The van der Waals surface area contributed by atoms with Crippen LogP contribution in [0.15, 0.2) is 0 Å². The third-order valence-corrected chi connectivity index (χ3v) is 1.77. The van der Waals surface area contributed by atoms with Gasteiger partial charge >= 0.3 is 0 Å². The highest BCUT2D eigenvalue weighted by molar-refractivity contribution is 4.60. The molecule has 0 amide bonds. The van der Waals surface area contributed by atoms with Crippen molar-refractivity contribution in [3.63, 3.8) is 0 Å². The first-order valence-corrected chi connectivity index (χ1v) is 4.47. The zero-order valence-corrected chi connectivity index (χ0v) is 7.47. The molecule has 68 valence electrons. The number of hydrogen-bond acceptors (Lipinski definition) is 3. The smallest absolute Gasteiger partial charge is 0.00482 e. The third kappa shape index (κ3) is 7.78. The van der Waals surface area contributed by atoms with Gasteiger partial charge in [-0.3, -0.25) is 0 Å². The first kappa shape index (κ1) is 10.9. The van der Waals surface area contributed by atoms with E-state index in [0.29, 0.717) is 6.04 Å². The fraction of sp³-hybridized carbons (Fsp3) is 1.00. The molecule has 1 unspecified atom stereocenters. The molecular formula is C8H21N3. The quantitative estimate of drug-likeness (QED) is 0.460. The fourth-order valence-electron chi connectivity index (χ4n) is 0.844. The number of rotatable bonds is 7. The van der Waals surface area contributed by atoms with Gasteiger partial charge < -0.3 is 16.8 Å². The average Bonchev–Trinajstić information content (AvgIpc) is 2.04. The molecule has 0 aliphatic heterocycles. The fourth-order valence-corrected chi connectivity index (χ4v) is 0.844. The lowest BCUT2D eigenvalue weighted by Crippen LogP contribution is -2.27. The van der Waals surface area contributed by atoms with Gasteiger partial charge in [0.2, 0.25) is 0 Å². The summed E-state index contributed by atoms with van der Waals surface area (Å²) in [6, 6.07) is 0.361. The van der Waals surface area contributed by atoms with Crippen molar-refractivity contribution < 1.29 is 0 Å². The van der Waals surface area contributed by atoms with Gasteiger partial charge in [0.05, 0.1) is 0 Å². The summed E-state index contributed by atoms with van der Waals surface area (Å²) in [5.41, 5.74) is 11.1. The Morgan fingerprint density at radius 3 is 2.64 bits per heavy atom. The van der Waals surface area contributed by atoms with Crippen molar-refractivity contribution in [2.24, 2.45) is 11.5 Å². The van der Waals surface area contributed by atoms with Gasteiger partial charge in [0.15, 0.2) is 0 Å². The summed E-state index contributed by atoms with van der Waals surface area (Å²) in [6.45, 7) is 4.93. The van der Waals surface area contributed by atoms with Gasteiger partial charge in [0.1, 0.15) is 0 Å². The first-order valence-electron chi connectivity index (χ1n) is 4.47. The third-order valence-electron chi connectivity index (χ3n) is 1.77. The molecule has 1 atom stereocenters. The van der Waals surface area contributed by atoms with Gasteiger partial charge in [-0.15, -0.1) is 0 Å². The molecule has 0 spiro atoms. The molecule has 5 N–H and O–H groups in total. The molecule has 0 rings (SSSR count). The van der Waals surface area contributed by atoms with E-state index in [9.17, 15) is 0 Å². The highest BCUT2D eigenvalue weighted by atomic mass is 14.9. The Balaban J connectivity index is 2.89. The second-order valence-electron chi connectivity index (χ2n) is 2.85. The second-order valence-corrected chi connectivity index (χ2v) is 2.85. The van der Waals surface area contributed by atoms with Gasteiger partial charge in [0.25, 0.3) is 0 Å². The molecule has 3 heteroatoms. The minimum atomic E-state index is 0.361. The molecule has 0 aromatic heterocycles. The van der Waals surface area contributed by atoms with E-state index in [1.54, 1.807) is 0 Å². The van der Waals surface area contributed by atoms with E-state index >= 15 is 0 Å². The van der Waals surface area contributed by atoms with E-state index in [0.717, 1.165) is 38.9 Å². The molecule has 0 aromatic rings. The molecule has 0 radical (unpaired) electrons. The summed E-state index contributed by atoms with van der Waals surface area (Å²) in [6.07, 6.45) is 3.20. The molecule has 0 aliphatic rings. The van der Waals surface area contributed by atoms with E-state index in [1.807, 2.05) is 0 Å². The Bertz CT molecular complexity index is 75.7. The molecule has 3 nitrogen and oxygen atoms in total. The van der Waals surface area contributed by atoms with Gasteiger partial charge in [-0.05, 0) is 38.9 Å². The van der Waals surface area contributed by atoms with Crippen LogP contribution >= 0.6 is 0 Å². The Morgan fingerprint density at radius 1 is 1.36 bits per heavy atom. The Kier molecular flexibility index (Phi) is 7.89. The lowest BCUT2D eigenvalue weighted by Gasteiger charge is -2.08. The summed E-state index contributed by atoms with van der Waals surface area (Å²) in [4.78, 5) is 0. The maximum absolute atomic E-state index is 5.72. The van der Waals surface area contributed by atoms with Crippen LogP contribution in [0.2, 0.25) is 0 Å². The molecule has 0 saturated carbocycles. The topological polar surface area (TPSA) is 64.1 Å². The van der Waals surface area contributed by atoms with Crippen LogP contribution in [0.25, 0.3) is 0 Å². The molecular weight excluding hydrogens is 138 g/mol. The summed E-state index contributed by atoms with van der Waals surface area (Å²) < 4.78 is 0. The number of nitrogens with two attached hydrogens (primary N) is 2. The average molecular weight is 159 g/mol. The predicted octanol–water partition coefficient (Wildman–Crippen LogP) is 0.0522. The summed E-state index contributed by atoms with van der Waals surface area (Å²) >= 11 is 0. The zero-order valence-electron chi connectivity index (χ0n) is 7.47. The molecule has 0 bridgehead atoms.